The van der Waals surface area contributed by atoms with Crippen molar-refractivity contribution in [2.24, 2.45) is 7.05 Å². The highest BCUT2D eigenvalue weighted by molar-refractivity contribution is 5.64. The summed E-state index contributed by atoms with van der Waals surface area (Å²) in [6, 6.07) is 5.82. The molecule has 0 amide bonds. The lowest BCUT2D eigenvalue weighted by molar-refractivity contribution is 0.757. The molecule has 2 rings (SSSR count). The zero-order valence-electron chi connectivity index (χ0n) is 9.44. The van der Waals surface area contributed by atoms with Gasteiger partial charge in [-0.1, -0.05) is 6.07 Å². The van der Waals surface area contributed by atoms with Crippen molar-refractivity contribution < 1.29 is 0 Å². The Morgan fingerprint density at radius 1 is 1.44 bits per heavy atom. The van der Waals surface area contributed by atoms with Crippen LogP contribution in [0.25, 0.3) is 0 Å². The quantitative estimate of drug-likeness (QED) is 0.813. The molecule has 0 radical (unpaired) electrons. The van der Waals surface area contributed by atoms with Crippen LogP contribution in [-0.2, 0) is 13.6 Å². The Morgan fingerprint density at radius 2 is 2.25 bits per heavy atom. The van der Waals surface area contributed by atoms with Crippen molar-refractivity contribution >= 4 is 11.5 Å². The van der Waals surface area contributed by atoms with Crippen molar-refractivity contribution in [1.29, 1.82) is 0 Å². The first-order valence-electron chi connectivity index (χ1n) is 5.11. The van der Waals surface area contributed by atoms with Crippen LogP contribution in [0, 0.1) is 6.92 Å². The van der Waals surface area contributed by atoms with E-state index in [0.717, 1.165) is 17.2 Å². The summed E-state index contributed by atoms with van der Waals surface area (Å²) in [6.07, 6.45) is 1.77. The third kappa shape index (κ3) is 1.98. The highest BCUT2D eigenvalue weighted by Gasteiger charge is 2.08. The number of nitrogens with zero attached hydrogens (tertiary/aromatic N) is 3. The summed E-state index contributed by atoms with van der Waals surface area (Å²) < 4.78 is 1.74. The molecule has 5 nitrogen and oxygen atoms in total. The lowest BCUT2D eigenvalue weighted by Gasteiger charge is -2.06. The van der Waals surface area contributed by atoms with Gasteiger partial charge in [0.25, 0.3) is 0 Å². The molecule has 2 aromatic rings. The standard InChI is InChI=1S/C11H15N5/c1-8-10(12)11(16(2)15-8)14-7-9-5-3-4-6-13-9/h3-6,14H,7,12H2,1-2H3. The van der Waals surface area contributed by atoms with Gasteiger partial charge in [-0.3, -0.25) is 9.67 Å². The number of hydrogen-bond donors (Lipinski definition) is 2. The van der Waals surface area contributed by atoms with Gasteiger partial charge in [0.15, 0.2) is 0 Å². The summed E-state index contributed by atoms with van der Waals surface area (Å²) in [5.41, 5.74) is 8.41. The molecule has 0 unspecified atom stereocenters. The van der Waals surface area contributed by atoms with Crippen LogP contribution in [0.1, 0.15) is 11.4 Å². The topological polar surface area (TPSA) is 68.8 Å². The van der Waals surface area contributed by atoms with Gasteiger partial charge < -0.3 is 11.1 Å². The Labute approximate surface area is 94.3 Å². The lowest BCUT2D eigenvalue weighted by Crippen LogP contribution is -2.07. The molecule has 2 aromatic heterocycles. The predicted molar refractivity (Wildman–Crippen MR) is 63.9 cm³/mol. The molecular weight excluding hydrogens is 202 g/mol. The second kappa shape index (κ2) is 4.22. The zero-order valence-corrected chi connectivity index (χ0v) is 9.44. The van der Waals surface area contributed by atoms with E-state index in [1.54, 1.807) is 10.9 Å². The Bertz CT molecular complexity index is 475. The number of anilines is 2. The second-order valence-corrected chi connectivity index (χ2v) is 3.65. The molecule has 0 fully saturated rings. The van der Waals surface area contributed by atoms with Crippen LogP contribution in [0.3, 0.4) is 0 Å². The van der Waals surface area contributed by atoms with E-state index < -0.39 is 0 Å². The van der Waals surface area contributed by atoms with E-state index in [4.69, 9.17) is 5.73 Å². The number of hydrogen-bond acceptors (Lipinski definition) is 4. The minimum Gasteiger partial charge on any atom is -0.394 e. The van der Waals surface area contributed by atoms with Gasteiger partial charge in [-0.2, -0.15) is 5.10 Å². The first-order valence-corrected chi connectivity index (χ1v) is 5.11. The van der Waals surface area contributed by atoms with Gasteiger partial charge >= 0.3 is 0 Å². The number of rotatable bonds is 3. The molecular formula is C11H15N5. The number of pyridine rings is 1. The number of aromatic nitrogens is 3. The molecule has 0 saturated heterocycles. The average molecular weight is 217 g/mol. The minimum atomic E-state index is 0.643. The predicted octanol–water partition coefficient (Wildman–Crippen LogP) is 1.32. The van der Waals surface area contributed by atoms with E-state index in [0.29, 0.717) is 12.2 Å². The minimum absolute atomic E-state index is 0.643. The van der Waals surface area contributed by atoms with Crippen LogP contribution in [0.15, 0.2) is 24.4 Å². The van der Waals surface area contributed by atoms with Crippen molar-refractivity contribution in [2.75, 3.05) is 11.1 Å². The van der Waals surface area contributed by atoms with E-state index in [1.807, 2.05) is 32.2 Å². The monoisotopic (exact) mass is 217 g/mol. The van der Waals surface area contributed by atoms with Crippen LogP contribution < -0.4 is 11.1 Å². The lowest BCUT2D eigenvalue weighted by atomic mass is 10.3. The summed E-state index contributed by atoms with van der Waals surface area (Å²) in [7, 11) is 1.87. The third-order valence-corrected chi connectivity index (χ3v) is 2.43. The normalized spacial score (nSPS) is 10.4. The van der Waals surface area contributed by atoms with E-state index >= 15 is 0 Å². The molecule has 2 heterocycles. The Morgan fingerprint density at radius 3 is 2.81 bits per heavy atom. The summed E-state index contributed by atoms with van der Waals surface area (Å²) in [6.45, 7) is 2.53. The van der Waals surface area contributed by atoms with Gasteiger partial charge in [0.2, 0.25) is 0 Å². The van der Waals surface area contributed by atoms with Gasteiger partial charge in [-0.25, -0.2) is 0 Å². The van der Waals surface area contributed by atoms with Crippen molar-refractivity contribution in [2.45, 2.75) is 13.5 Å². The van der Waals surface area contributed by atoms with E-state index in [1.165, 1.54) is 0 Å². The summed E-state index contributed by atoms with van der Waals surface area (Å²) in [4.78, 5) is 4.23. The molecule has 0 saturated carbocycles. The summed E-state index contributed by atoms with van der Waals surface area (Å²) >= 11 is 0. The molecule has 0 bridgehead atoms. The molecule has 5 heteroatoms. The number of nitrogen functional groups attached to an aromatic ring is 1. The molecule has 0 spiro atoms. The van der Waals surface area contributed by atoms with Crippen molar-refractivity contribution in [3.63, 3.8) is 0 Å². The van der Waals surface area contributed by atoms with Crippen molar-refractivity contribution in [1.82, 2.24) is 14.8 Å². The Kier molecular flexibility index (Phi) is 2.76. The van der Waals surface area contributed by atoms with Gasteiger partial charge in [-0.05, 0) is 19.1 Å². The fourth-order valence-electron chi connectivity index (χ4n) is 1.56. The highest BCUT2D eigenvalue weighted by atomic mass is 15.3. The summed E-state index contributed by atoms with van der Waals surface area (Å²) in [5.74, 6) is 0.836. The van der Waals surface area contributed by atoms with Gasteiger partial charge in [0, 0.05) is 13.2 Å². The van der Waals surface area contributed by atoms with E-state index in [2.05, 4.69) is 15.4 Å². The van der Waals surface area contributed by atoms with Crippen molar-refractivity contribution in [3.8, 4) is 0 Å². The number of nitrogens with two attached hydrogens (primary N) is 1. The van der Waals surface area contributed by atoms with Crippen LogP contribution in [0.5, 0.6) is 0 Å². The van der Waals surface area contributed by atoms with Gasteiger partial charge in [0.05, 0.1) is 23.6 Å². The maximum Gasteiger partial charge on any atom is 0.148 e. The molecule has 3 N–H and O–H groups in total. The van der Waals surface area contributed by atoms with E-state index in [-0.39, 0.29) is 0 Å². The maximum absolute atomic E-state index is 5.90. The number of nitrogens with one attached hydrogen (secondary N) is 1. The Hall–Kier alpha value is -2.04. The third-order valence-electron chi connectivity index (χ3n) is 2.43. The van der Waals surface area contributed by atoms with Gasteiger partial charge in [0.1, 0.15) is 5.82 Å². The molecule has 0 aromatic carbocycles. The first kappa shape index (κ1) is 10.5. The van der Waals surface area contributed by atoms with Crippen LogP contribution in [0.2, 0.25) is 0 Å². The molecule has 84 valence electrons. The summed E-state index contributed by atoms with van der Waals surface area (Å²) in [5, 5.41) is 7.46. The molecule has 16 heavy (non-hydrogen) atoms. The maximum atomic E-state index is 5.90. The fraction of sp³-hybridized carbons (Fsp3) is 0.273. The smallest absolute Gasteiger partial charge is 0.148 e. The van der Waals surface area contributed by atoms with Gasteiger partial charge in [-0.15, -0.1) is 0 Å². The average Bonchev–Trinajstić information content (AvgIpc) is 2.53. The molecule has 0 aliphatic heterocycles. The highest BCUT2D eigenvalue weighted by Crippen LogP contribution is 2.21. The van der Waals surface area contributed by atoms with Crippen LogP contribution in [-0.4, -0.2) is 14.8 Å². The Balaban J connectivity index is 2.11. The SMILES string of the molecule is Cc1nn(C)c(NCc2ccccn2)c1N. The van der Waals surface area contributed by atoms with Crippen LogP contribution >= 0.6 is 0 Å². The molecule has 0 aliphatic rings. The largest absolute Gasteiger partial charge is 0.394 e. The zero-order chi connectivity index (χ0) is 11.5. The van der Waals surface area contributed by atoms with Crippen LogP contribution in [0.4, 0.5) is 11.5 Å². The molecule has 0 aliphatic carbocycles. The first-order chi connectivity index (χ1) is 7.68. The fourth-order valence-corrected chi connectivity index (χ4v) is 1.56. The van der Waals surface area contributed by atoms with E-state index in [9.17, 15) is 0 Å². The number of aryl methyl sites for hydroxylation is 2. The van der Waals surface area contributed by atoms with Crippen molar-refractivity contribution in [3.05, 3.63) is 35.8 Å². The molecule has 0 atom stereocenters. The second-order valence-electron chi connectivity index (χ2n) is 3.65.